The van der Waals surface area contributed by atoms with Crippen LogP contribution in [0.2, 0.25) is 0 Å². The molecule has 5 rings (SSSR count). The number of anilines is 2. The van der Waals surface area contributed by atoms with Crippen molar-refractivity contribution in [2.45, 2.75) is 79.1 Å². The van der Waals surface area contributed by atoms with Gasteiger partial charge in [0.2, 0.25) is 17.6 Å². The lowest BCUT2D eigenvalue weighted by Crippen LogP contribution is -2.36. The highest BCUT2D eigenvalue weighted by Gasteiger charge is 2.43. The van der Waals surface area contributed by atoms with Gasteiger partial charge in [0, 0.05) is 61.5 Å². The molecule has 0 atom stereocenters. The Morgan fingerprint density at radius 1 is 0.739 bits per heavy atom. The van der Waals surface area contributed by atoms with Gasteiger partial charge in [-0.25, -0.2) is 0 Å². The maximum absolute atomic E-state index is 14.0. The first-order valence-corrected chi connectivity index (χ1v) is 16.8. The molecule has 46 heavy (non-hydrogen) atoms. The smallest absolute Gasteiger partial charge is 0.227 e. The number of allylic oxidation sites excluding steroid dienone is 5. The monoisotopic (exact) mass is 630 g/mol. The van der Waals surface area contributed by atoms with Gasteiger partial charge in [-0.05, 0) is 65.5 Å². The van der Waals surface area contributed by atoms with E-state index in [1.807, 2.05) is 37.5 Å². The number of aromatic hydroxyl groups is 1. The van der Waals surface area contributed by atoms with Gasteiger partial charge >= 0.3 is 0 Å². The molecule has 2 saturated carbocycles. The lowest BCUT2D eigenvalue weighted by atomic mass is 9.77. The van der Waals surface area contributed by atoms with Crippen molar-refractivity contribution >= 4 is 40.3 Å². The first kappa shape index (κ1) is 33.0. The molecule has 4 aliphatic carbocycles. The first-order valence-electron chi connectivity index (χ1n) is 16.8. The molecule has 1 aromatic rings. The second-order valence-electron chi connectivity index (χ2n) is 12.5. The molecule has 0 unspecified atom stereocenters. The van der Waals surface area contributed by atoms with Crippen molar-refractivity contribution in [3.05, 3.63) is 58.1 Å². The van der Waals surface area contributed by atoms with Crippen molar-refractivity contribution in [3.8, 4) is 5.75 Å². The van der Waals surface area contributed by atoms with Crippen LogP contribution < -0.4 is 15.5 Å². The third kappa shape index (κ3) is 6.22. The lowest BCUT2D eigenvalue weighted by Gasteiger charge is -2.31. The zero-order chi connectivity index (χ0) is 33.1. The van der Waals surface area contributed by atoms with Gasteiger partial charge in [-0.3, -0.25) is 19.2 Å². The largest absolute Gasteiger partial charge is 0.507 e. The Labute approximate surface area is 270 Å². The highest BCUT2D eigenvalue weighted by molar-refractivity contribution is 6.42. The standard InChI is InChI=1S/C36H46N4O6/c1-5-39(6-2)23-17-25(37-35(45)21-13-9-10-14-21)29(27(41)19-23)31-33(43)32(34(31)44)30-26(38-36(46)22-15-11-12-16-22)18-24(20-28(30)42)40(7-3)8-4/h17-22,41,43H,5-16H2,1-4H3,(H,37,45)(H,38,46)/b32-30-. The zero-order valence-corrected chi connectivity index (χ0v) is 27.4. The van der Waals surface area contributed by atoms with E-state index in [9.17, 15) is 29.4 Å². The summed E-state index contributed by atoms with van der Waals surface area (Å²) in [4.78, 5) is 58.1. The predicted molar refractivity (Wildman–Crippen MR) is 178 cm³/mol. The number of rotatable bonds is 11. The number of Topliss-reactive ketones (excluding diaryl/α,β-unsaturated/α-hetero) is 1. The van der Waals surface area contributed by atoms with E-state index in [4.69, 9.17) is 0 Å². The first-order chi connectivity index (χ1) is 22.1. The van der Waals surface area contributed by atoms with Crippen LogP contribution in [0.3, 0.4) is 0 Å². The van der Waals surface area contributed by atoms with E-state index in [1.165, 1.54) is 12.1 Å². The molecule has 2 fully saturated rings. The number of nitrogens with zero attached hydrogens (tertiary/aromatic N) is 2. The SMILES string of the molecule is CCN(CC)C1=CC(=O)/C(=C2\C(=O)C(c3c(O)cc(N(CC)CC)cc3NC(=O)C3CCCC3)=C2O)C(NC(=O)C2CCCC2)=C1. The minimum atomic E-state index is -0.649. The van der Waals surface area contributed by atoms with Crippen molar-refractivity contribution in [1.29, 1.82) is 0 Å². The molecule has 1 aromatic carbocycles. The highest BCUT2D eigenvalue weighted by Crippen LogP contribution is 2.47. The maximum Gasteiger partial charge on any atom is 0.227 e. The number of carbonyl (C=O) groups is 4. The fourth-order valence-corrected chi connectivity index (χ4v) is 7.19. The average molecular weight is 631 g/mol. The van der Waals surface area contributed by atoms with Gasteiger partial charge in [0.25, 0.3) is 0 Å². The molecule has 0 bridgehead atoms. The maximum atomic E-state index is 14.0. The molecule has 4 aliphatic rings. The molecule has 4 N–H and O–H groups in total. The van der Waals surface area contributed by atoms with E-state index in [0.29, 0.717) is 37.6 Å². The Bertz CT molecular complexity index is 1550. The van der Waals surface area contributed by atoms with E-state index >= 15 is 0 Å². The van der Waals surface area contributed by atoms with E-state index in [-0.39, 0.29) is 63.1 Å². The van der Waals surface area contributed by atoms with Gasteiger partial charge in [0.05, 0.1) is 33.7 Å². The molecule has 246 valence electrons. The van der Waals surface area contributed by atoms with Crippen molar-refractivity contribution in [2.75, 3.05) is 36.4 Å². The quantitative estimate of drug-likeness (QED) is 0.235. The average Bonchev–Trinajstić information content (AvgIpc) is 3.77. The predicted octanol–water partition coefficient (Wildman–Crippen LogP) is 5.51. The Hall–Kier alpha value is -4.34. The van der Waals surface area contributed by atoms with Crippen molar-refractivity contribution in [2.24, 2.45) is 11.8 Å². The van der Waals surface area contributed by atoms with E-state index < -0.39 is 17.3 Å². The molecule has 0 aromatic heterocycles. The minimum Gasteiger partial charge on any atom is -0.507 e. The minimum absolute atomic E-state index is 0.0113. The summed E-state index contributed by atoms with van der Waals surface area (Å²) < 4.78 is 0. The number of ketones is 2. The number of nitrogens with one attached hydrogen (secondary N) is 2. The highest BCUT2D eigenvalue weighted by atomic mass is 16.3. The van der Waals surface area contributed by atoms with Crippen molar-refractivity contribution in [3.63, 3.8) is 0 Å². The van der Waals surface area contributed by atoms with Crippen LogP contribution in [-0.2, 0) is 19.2 Å². The van der Waals surface area contributed by atoms with Crippen LogP contribution in [0.5, 0.6) is 5.75 Å². The molecular formula is C36H46N4O6. The third-order valence-electron chi connectivity index (χ3n) is 9.84. The number of benzene rings is 1. The number of aliphatic hydroxyl groups excluding tert-OH is 1. The Balaban J connectivity index is 1.60. The fraction of sp³-hybridized carbons (Fsp3) is 0.500. The number of likely N-dealkylation sites (N-methyl/N-ethyl adjacent to an activating group) is 1. The van der Waals surface area contributed by atoms with Gasteiger partial charge in [-0.2, -0.15) is 0 Å². The fourth-order valence-electron chi connectivity index (χ4n) is 7.19. The summed E-state index contributed by atoms with van der Waals surface area (Å²) in [7, 11) is 0. The van der Waals surface area contributed by atoms with E-state index in [2.05, 4.69) is 10.6 Å². The molecule has 0 radical (unpaired) electrons. The lowest BCUT2D eigenvalue weighted by molar-refractivity contribution is -0.124. The number of hydrogen-bond acceptors (Lipinski definition) is 8. The van der Waals surface area contributed by atoms with E-state index in [0.717, 1.165) is 51.4 Å². The van der Waals surface area contributed by atoms with Gasteiger partial charge < -0.3 is 30.6 Å². The number of amides is 2. The molecule has 0 saturated heterocycles. The van der Waals surface area contributed by atoms with Gasteiger partial charge in [-0.15, -0.1) is 0 Å². The van der Waals surface area contributed by atoms with E-state index in [1.54, 1.807) is 12.1 Å². The van der Waals surface area contributed by atoms with Gasteiger partial charge in [-0.1, -0.05) is 25.7 Å². The number of hydrogen-bond donors (Lipinski definition) is 4. The summed E-state index contributed by atoms with van der Waals surface area (Å²) >= 11 is 0. The molecule has 2 amide bonds. The third-order valence-corrected chi connectivity index (χ3v) is 9.84. The number of phenols is 1. The summed E-state index contributed by atoms with van der Waals surface area (Å²) in [6, 6.07) is 3.23. The van der Waals surface area contributed by atoms with Crippen LogP contribution >= 0.6 is 0 Å². The molecule has 10 nitrogen and oxygen atoms in total. The Morgan fingerprint density at radius 3 is 1.80 bits per heavy atom. The summed E-state index contributed by atoms with van der Waals surface area (Å²) in [5.74, 6) is -2.66. The number of phenolic OH excluding ortho intramolecular Hbond substituents is 1. The van der Waals surface area contributed by atoms with Crippen LogP contribution in [0.1, 0.15) is 84.6 Å². The molecular weight excluding hydrogens is 584 g/mol. The zero-order valence-electron chi connectivity index (χ0n) is 27.4. The Morgan fingerprint density at radius 2 is 1.28 bits per heavy atom. The van der Waals surface area contributed by atoms with Crippen LogP contribution in [0, 0.1) is 11.8 Å². The molecule has 0 heterocycles. The van der Waals surface area contributed by atoms with Crippen molar-refractivity contribution in [1.82, 2.24) is 10.2 Å². The second-order valence-corrected chi connectivity index (χ2v) is 12.5. The van der Waals surface area contributed by atoms with Crippen LogP contribution in [0.4, 0.5) is 11.4 Å². The van der Waals surface area contributed by atoms with Crippen LogP contribution in [0.25, 0.3) is 5.57 Å². The van der Waals surface area contributed by atoms with Crippen LogP contribution in [-0.4, -0.2) is 64.7 Å². The number of carbonyl (C=O) groups excluding carboxylic acids is 4. The summed E-state index contributed by atoms with van der Waals surface area (Å²) in [5, 5.41) is 28.7. The molecule has 10 heteroatoms. The summed E-state index contributed by atoms with van der Waals surface area (Å²) in [5.41, 5.74) is 1.21. The normalized spacial score (nSPS) is 20.4. The van der Waals surface area contributed by atoms with Gasteiger partial charge in [0.1, 0.15) is 11.5 Å². The topological polar surface area (TPSA) is 139 Å². The molecule has 0 aliphatic heterocycles. The second kappa shape index (κ2) is 14.0. The Kier molecular flexibility index (Phi) is 10.0. The number of aliphatic hydroxyl groups is 1. The summed E-state index contributed by atoms with van der Waals surface area (Å²) in [6.45, 7) is 10.5. The van der Waals surface area contributed by atoms with Gasteiger partial charge in [0.15, 0.2) is 5.78 Å². The molecule has 0 spiro atoms. The summed E-state index contributed by atoms with van der Waals surface area (Å²) in [6.07, 6.45) is 9.97. The van der Waals surface area contributed by atoms with Crippen LogP contribution in [0.15, 0.2) is 52.6 Å². The van der Waals surface area contributed by atoms with Crippen molar-refractivity contribution < 1.29 is 29.4 Å².